The molecular formula is C55H92N2O40. The lowest BCUT2D eigenvalue weighted by molar-refractivity contribution is -0.402. The number of aliphatic carboxylic acids is 1. The first-order valence-electron chi connectivity index (χ1n) is 31.2. The lowest BCUT2D eigenvalue weighted by Gasteiger charge is -2.52. The zero-order chi connectivity index (χ0) is 71.9. The Labute approximate surface area is 550 Å². The van der Waals surface area contributed by atoms with Crippen LogP contribution in [0, 0.1) is 0 Å². The van der Waals surface area contributed by atoms with Crippen LogP contribution in [0.15, 0.2) is 0 Å². The van der Waals surface area contributed by atoms with Crippen LogP contribution in [0.5, 0.6) is 0 Å². The molecule has 8 aliphatic heterocycles. The van der Waals surface area contributed by atoms with Gasteiger partial charge in [0.15, 0.2) is 44.0 Å². The summed E-state index contributed by atoms with van der Waals surface area (Å²) in [5.74, 6) is -7.39. The van der Waals surface area contributed by atoms with E-state index in [0.717, 1.165) is 13.8 Å². The second-order valence-electron chi connectivity index (χ2n) is 25.2. The number of amides is 2. The highest BCUT2D eigenvalue weighted by Gasteiger charge is 2.62. The van der Waals surface area contributed by atoms with Gasteiger partial charge in [-0.1, -0.05) is 0 Å². The summed E-state index contributed by atoms with van der Waals surface area (Å²) in [6.45, 7) is 2.21. The van der Waals surface area contributed by atoms with Crippen LogP contribution in [0.3, 0.4) is 0 Å². The number of carbonyl (C=O) groups excluding carboxylic acids is 2. The maximum Gasteiger partial charge on any atom is 0.364 e. The molecule has 42 nitrogen and oxygen atoms in total. The van der Waals surface area contributed by atoms with Gasteiger partial charge in [-0.3, -0.25) is 9.59 Å². The van der Waals surface area contributed by atoms with Gasteiger partial charge in [-0.2, -0.15) is 0 Å². The van der Waals surface area contributed by atoms with E-state index in [1.54, 1.807) is 0 Å². The topological polar surface area (TPSA) is 659 Å². The van der Waals surface area contributed by atoms with E-state index in [1.165, 1.54) is 27.7 Å². The highest BCUT2D eigenvalue weighted by atomic mass is 16.8. The van der Waals surface area contributed by atoms with E-state index in [0.29, 0.717) is 0 Å². The van der Waals surface area contributed by atoms with Gasteiger partial charge in [0.05, 0.1) is 56.9 Å². The second-order valence-corrected chi connectivity index (χ2v) is 25.2. The molecule has 0 aliphatic carbocycles. The molecule has 42 heteroatoms. The van der Waals surface area contributed by atoms with Gasteiger partial charge in [0, 0.05) is 20.3 Å². The standard InChI is InChI=1S/C55H92N2O40/c1-12-25(64)33(72)37(76)49(84-12)94-43-24(57-17(6)62)48(91-21(10-60)41(43)92-52-40(79)36(75)30(69)20(9-59)90-52)93-42-23(56-16(5)61)47(80)88-22(32(42)71)11-83-55(54(81)82)7-19(31(70)44(97-55)29(68)18(63)8-58)89-53-46(96-51-39(78)35(74)27(66)14(3)86-51)45(28(67)15(4)87-53)95-50-38(77)34(73)26(65)13(2)85-50/h12-15,18-53,58-60,63-80H,7-11H2,1-6H3,(H,56,61)(H,57,62)(H,81,82)/t12-,13-,14-,15-,18+,19-,20+,21+,22+,23+,24+,25+,26+,27+,28+,29+,30-,31+,32-,33+,34+,35+,36-,37-,38-,39-,40+,41+,42+,43+,44-,45+,46-,47-,48-,49-,50-,51-,52-,53-,55+/m0/s1. The van der Waals surface area contributed by atoms with Crippen molar-refractivity contribution in [2.45, 2.75) is 299 Å². The van der Waals surface area contributed by atoms with Gasteiger partial charge >= 0.3 is 5.97 Å². The van der Waals surface area contributed by atoms with E-state index in [4.69, 9.17) is 71.1 Å². The van der Waals surface area contributed by atoms with Crippen molar-refractivity contribution in [3.05, 3.63) is 0 Å². The average Bonchev–Trinajstić information content (AvgIpc) is 0.764. The zero-order valence-corrected chi connectivity index (χ0v) is 52.8. The summed E-state index contributed by atoms with van der Waals surface area (Å²) in [4.78, 5) is 40.0. The minimum atomic E-state index is -3.34. The number of carbonyl (C=O) groups is 3. The molecule has 8 saturated heterocycles. The average molecular weight is 1420 g/mol. The van der Waals surface area contributed by atoms with Crippen molar-refractivity contribution in [2.24, 2.45) is 0 Å². The number of hydrogen-bond acceptors (Lipinski definition) is 39. The first-order valence-corrected chi connectivity index (χ1v) is 31.2. The number of carboxylic acid groups (broad SMARTS) is 1. The Bertz CT molecular complexity index is 2540. The van der Waals surface area contributed by atoms with Crippen LogP contribution < -0.4 is 10.6 Å². The van der Waals surface area contributed by atoms with E-state index in [1.807, 2.05) is 0 Å². The molecule has 0 aromatic heterocycles. The normalized spacial score (nSPS) is 50.6. The summed E-state index contributed by atoms with van der Waals surface area (Å²) in [7, 11) is 0. The van der Waals surface area contributed by atoms with Gasteiger partial charge in [0.25, 0.3) is 5.79 Å². The Balaban J connectivity index is 1.13. The highest BCUT2D eigenvalue weighted by molar-refractivity contribution is 5.76. The van der Waals surface area contributed by atoms with Crippen molar-refractivity contribution < 1.29 is 198 Å². The van der Waals surface area contributed by atoms with E-state index >= 15 is 0 Å². The lowest BCUT2D eigenvalue weighted by atomic mass is 9.90. The van der Waals surface area contributed by atoms with Crippen LogP contribution in [0.2, 0.25) is 0 Å². The first kappa shape index (κ1) is 79.7. The largest absolute Gasteiger partial charge is 0.477 e. The van der Waals surface area contributed by atoms with Gasteiger partial charge < -0.3 is 194 Å². The van der Waals surface area contributed by atoms with Crippen LogP contribution in [0.25, 0.3) is 0 Å². The number of carboxylic acids is 1. The molecule has 0 spiro atoms. The maximum atomic E-state index is 13.9. The number of hydrogen-bond donors (Lipinski definition) is 24. The number of ether oxygens (including phenoxy) is 15. The van der Waals surface area contributed by atoms with Gasteiger partial charge in [-0.15, -0.1) is 0 Å². The molecule has 8 rings (SSSR count). The maximum absolute atomic E-state index is 13.9. The van der Waals surface area contributed by atoms with Crippen molar-refractivity contribution in [1.82, 2.24) is 10.6 Å². The van der Waals surface area contributed by atoms with Crippen molar-refractivity contribution in [2.75, 3.05) is 26.4 Å². The molecule has 8 heterocycles. The molecule has 41 atom stereocenters. The van der Waals surface area contributed by atoms with Crippen LogP contribution in [0.4, 0.5) is 0 Å². The number of aliphatic hydroxyl groups is 21. The summed E-state index contributed by atoms with van der Waals surface area (Å²) in [6, 6.07) is -3.87. The number of rotatable bonds is 23. The fraction of sp³-hybridized carbons (Fsp3) is 0.945. The van der Waals surface area contributed by atoms with Gasteiger partial charge in [-0.05, 0) is 27.7 Å². The third-order valence-electron chi connectivity index (χ3n) is 18.3. The van der Waals surface area contributed by atoms with E-state index in [2.05, 4.69) is 10.6 Å². The predicted molar refractivity (Wildman–Crippen MR) is 299 cm³/mol. The molecule has 0 unspecified atom stereocenters. The third kappa shape index (κ3) is 17.0. The third-order valence-corrected chi connectivity index (χ3v) is 18.3. The first-order chi connectivity index (χ1) is 45.5. The van der Waals surface area contributed by atoms with Gasteiger partial charge in [0.2, 0.25) is 11.8 Å². The fourth-order valence-corrected chi connectivity index (χ4v) is 12.6. The summed E-state index contributed by atoms with van der Waals surface area (Å²) in [6.07, 6.45) is -76.6. The van der Waals surface area contributed by atoms with Crippen molar-refractivity contribution in [3.8, 4) is 0 Å². The van der Waals surface area contributed by atoms with E-state index in [9.17, 15) is 127 Å². The minimum absolute atomic E-state index is 0.940. The zero-order valence-electron chi connectivity index (χ0n) is 52.8. The Morgan fingerprint density at radius 3 is 1.34 bits per heavy atom. The molecule has 0 aromatic carbocycles. The van der Waals surface area contributed by atoms with Crippen LogP contribution in [0.1, 0.15) is 48.0 Å². The monoisotopic (exact) mass is 1420 g/mol. The molecule has 0 aromatic rings. The highest BCUT2D eigenvalue weighted by Crippen LogP contribution is 2.42. The lowest BCUT2D eigenvalue weighted by Crippen LogP contribution is -2.72. The van der Waals surface area contributed by atoms with Crippen LogP contribution in [-0.2, 0) is 85.4 Å². The minimum Gasteiger partial charge on any atom is -0.477 e. The smallest absolute Gasteiger partial charge is 0.364 e. The van der Waals surface area contributed by atoms with Crippen LogP contribution in [-0.4, -0.2) is 408 Å². The molecule has 97 heavy (non-hydrogen) atoms. The molecule has 0 bridgehead atoms. The van der Waals surface area contributed by atoms with Crippen molar-refractivity contribution in [3.63, 3.8) is 0 Å². The van der Waals surface area contributed by atoms with Gasteiger partial charge in [0.1, 0.15) is 171 Å². The SMILES string of the molecule is CC(=O)N[C@@H]1[C@@H](O[C@@H]2O[C@H](CO)[C@@H](O[C@@H]3O[C@H](CO)[C@H](O)[C@H](O)[C@H]3O)[C@H](O[C@@H]3O[C@@H](C)[C@@H](O)[C@@H](O)[C@@H]3O)[C@H]2NC(C)=O)[C@@H](O)[C@@H](CO[C@]2(C(=O)O)C[C@H](O[C@@H]3O[C@@H](C)[C@@H](O)[C@@H](O[C@@H]4O[C@@H](C)[C@@H](O)[C@@H](O)[C@@H]4O)[C@@H]3O[C@@H]3O[C@@H](C)[C@@H](O)[C@@H](O)[C@@H]3O)[C@@H](O)[C@H]([C@H](O)[C@H](O)CO)O2)O[C@@H]1O. The van der Waals surface area contributed by atoms with E-state index < -0.39 is 302 Å². The molecule has 8 aliphatic rings. The Morgan fingerprint density at radius 2 is 0.856 bits per heavy atom. The molecule has 2 amide bonds. The van der Waals surface area contributed by atoms with Crippen LogP contribution >= 0.6 is 0 Å². The molecule has 0 saturated carbocycles. The van der Waals surface area contributed by atoms with Gasteiger partial charge in [-0.25, -0.2) is 4.79 Å². The molecular weight excluding hydrogens is 1330 g/mol. The Kier molecular flexibility index (Phi) is 27.2. The van der Waals surface area contributed by atoms with Crippen molar-refractivity contribution >= 4 is 17.8 Å². The Morgan fingerprint density at radius 1 is 0.433 bits per heavy atom. The van der Waals surface area contributed by atoms with E-state index in [-0.39, 0.29) is 0 Å². The second kappa shape index (κ2) is 33.2. The fourth-order valence-electron chi connectivity index (χ4n) is 12.6. The summed E-state index contributed by atoms with van der Waals surface area (Å²) < 4.78 is 88.9. The van der Waals surface area contributed by atoms with Crippen molar-refractivity contribution in [1.29, 1.82) is 0 Å². The quantitative estimate of drug-likeness (QED) is 0.0452. The molecule has 8 fully saturated rings. The number of nitrogens with one attached hydrogen (secondary N) is 2. The number of aliphatic hydroxyl groups excluding tert-OH is 21. The molecule has 24 N–H and O–H groups in total. The predicted octanol–water partition coefficient (Wildman–Crippen LogP) is -14.8. The molecule has 0 radical (unpaired) electrons. The Hall–Kier alpha value is -3.03. The summed E-state index contributed by atoms with van der Waals surface area (Å²) in [5.41, 5.74) is 0. The molecule has 562 valence electrons. The summed E-state index contributed by atoms with van der Waals surface area (Å²) in [5, 5.41) is 246. The summed E-state index contributed by atoms with van der Waals surface area (Å²) >= 11 is 0.